The van der Waals surface area contributed by atoms with Gasteiger partial charge in [0.2, 0.25) is 0 Å². The zero-order chi connectivity index (χ0) is 20.8. The fourth-order valence-electron chi connectivity index (χ4n) is 2.79. The third-order valence-electron chi connectivity index (χ3n) is 4.25. The van der Waals surface area contributed by atoms with Crippen LogP contribution in [0.2, 0.25) is 5.02 Å². The number of aromatic nitrogens is 3. The van der Waals surface area contributed by atoms with Gasteiger partial charge in [-0.1, -0.05) is 23.7 Å². The lowest BCUT2D eigenvalue weighted by molar-refractivity contribution is 0.0953. The summed E-state index contributed by atoms with van der Waals surface area (Å²) in [6.45, 7) is 4.53. The van der Waals surface area contributed by atoms with Crippen LogP contribution in [-0.2, 0) is 6.42 Å². The number of nitrogens with one attached hydrogen (secondary N) is 1. The largest absolute Gasteiger partial charge is 0.456 e. The first-order valence-electron chi connectivity index (χ1n) is 9.12. The molecule has 3 aromatic rings. The number of carbonyl (C=O) groups is 1. The Kier molecular flexibility index (Phi) is 6.47. The lowest BCUT2D eigenvalue weighted by atomic mass is 10.2. The van der Waals surface area contributed by atoms with E-state index in [2.05, 4.69) is 29.4 Å². The fourth-order valence-corrected chi connectivity index (χ4v) is 3.00. The Hall–Kier alpha value is -3.37. The van der Waals surface area contributed by atoms with E-state index in [0.29, 0.717) is 35.1 Å². The van der Waals surface area contributed by atoms with Crippen LogP contribution in [0.25, 0.3) is 0 Å². The zero-order valence-corrected chi connectivity index (χ0v) is 16.8. The third kappa shape index (κ3) is 4.92. The van der Waals surface area contributed by atoms with Gasteiger partial charge in [-0.3, -0.25) is 4.79 Å². The second-order valence-corrected chi connectivity index (χ2v) is 7.02. The third-order valence-corrected chi connectivity index (χ3v) is 4.56. The molecule has 0 spiro atoms. The molecule has 1 N–H and O–H groups in total. The molecule has 3 rings (SSSR count). The van der Waals surface area contributed by atoms with E-state index in [0.717, 1.165) is 5.82 Å². The maximum Gasteiger partial charge on any atom is 0.251 e. The Labute approximate surface area is 173 Å². The SMILES string of the molecule is CC(C)n1cnnc1CCNC(=O)c1cccc(Oc2cccc(Cl)c2C#N)c1. The average molecular weight is 410 g/mol. The second kappa shape index (κ2) is 9.22. The zero-order valence-electron chi connectivity index (χ0n) is 16.1. The molecule has 0 fully saturated rings. The second-order valence-electron chi connectivity index (χ2n) is 6.61. The molecule has 148 valence electrons. The molecule has 2 aromatic carbocycles. The summed E-state index contributed by atoms with van der Waals surface area (Å²) >= 11 is 6.03. The lowest BCUT2D eigenvalue weighted by Crippen LogP contribution is -2.26. The van der Waals surface area contributed by atoms with Gasteiger partial charge in [0, 0.05) is 24.6 Å². The molecule has 8 heteroatoms. The number of hydrogen-bond donors (Lipinski definition) is 1. The number of rotatable bonds is 7. The van der Waals surface area contributed by atoms with Crippen LogP contribution < -0.4 is 10.1 Å². The number of benzene rings is 2. The number of nitriles is 1. The predicted molar refractivity (Wildman–Crippen MR) is 109 cm³/mol. The van der Waals surface area contributed by atoms with Crippen LogP contribution in [0.5, 0.6) is 11.5 Å². The maximum atomic E-state index is 12.5. The van der Waals surface area contributed by atoms with Crippen molar-refractivity contribution in [2.45, 2.75) is 26.3 Å². The van der Waals surface area contributed by atoms with Gasteiger partial charge in [-0.2, -0.15) is 5.26 Å². The van der Waals surface area contributed by atoms with Crippen molar-refractivity contribution in [1.82, 2.24) is 20.1 Å². The lowest BCUT2D eigenvalue weighted by Gasteiger charge is -2.11. The molecule has 0 atom stereocenters. The molecule has 0 radical (unpaired) electrons. The van der Waals surface area contributed by atoms with Crippen molar-refractivity contribution in [2.24, 2.45) is 0 Å². The van der Waals surface area contributed by atoms with E-state index in [9.17, 15) is 10.1 Å². The molecule has 0 bridgehead atoms. The number of ether oxygens (including phenoxy) is 1. The Balaban J connectivity index is 1.65. The molecule has 7 nitrogen and oxygen atoms in total. The van der Waals surface area contributed by atoms with Gasteiger partial charge >= 0.3 is 0 Å². The Morgan fingerprint density at radius 3 is 2.86 bits per heavy atom. The minimum atomic E-state index is -0.224. The van der Waals surface area contributed by atoms with Gasteiger partial charge in [0.25, 0.3) is 5.91 Å². The highest BCUT2D eigenvalue weighted by molar-refractivity contribution is 6.31. The van der Waals surface area contributed by atoms with Crippen molar-refractivity contribution in [2.75, 3.05) is 6.54 Å². The average Bonchev–Trinajstić information content (AvgIpc) is 3.17. The first-order valence-corrected chi connectivity index (χ1v) is 9.50. The molecule has 29 heavy (non-hydrogen) atoms. The van der Waals surface area contributed by atoms with Crippen LogP contribution in [0.15, 0.2) is 48.8 Å². The van der Waals surface area contributed by atoms with Crippen LogP contribution in [0.3, 0.4) is 0 Å². The van der Waals surface area contributed by atoms with Crippen molar-refractivity contribution in [3.8, 4) is 17.6 Å². The van der Waals surface area contributed by atoms with Gasteiger partial charge in [0.05, 0.1) is 5.02 Å². The molecule has 0 saturated carbocycles. The quantitative estimate of drug-likeness (QED) is 0.632. The van der Waals surface area contributed by atoms with Crippen molar-refractivity contribution in [3.05, 3.63) is 70.8 Å². The molecule has 1 amide bonds. The van der Waals surface area contributed by atoms with E-state index in [4.69, 9.17) is 16.3 Å². The van der Waals surface area contributed by atoms with Crippen molar-refractivity contribution >= 4 is 17.5 Å². The smallest absolute Gasteiger partial charge is 0.251 e. The van der Waals surface area contributed by atoms with E-state index in [1.54, 1.807) is 48.8 Å². The van der Waals surface area contributed by atoms with Crippen LogP contribution in [0.4, 0.5) is 0 Å². The van der Waals surface area contributed by atoms with Gasteiger partial charge in [-0.05, 0) is 44.2 Å². The molecule has 0 aliphatic heterocycles. The molecular weight excluding hydrogens is 390 g/mol. The Bertz CT molecular complexity index is 1060. The summed E-state index contributed by atoms with van der Waals surface area (Å²) in [6.07, 6.45) is 2.27. The highest BCUT2D eigenvalue weighted by atomic mass is 35.5. The summed E-state index contributed by atoms with van der Waals surface area (Å²) in [7, 11) is 0. The van der Waals surface area contributed by atoms with Crippen molar-refractivity contribution < 1.29 is 9.53 Å². The van der Waals surface area contributed by atoms with Crippen molar-refractivity contribution in [3.63, 3.8) is 0 Å². The van der Waals surface area contributed by atoms with Crippen LogP contribution >= 0.6 is 11.6 Å². The van der Waals surface area contributed by atoms with Gasteiger partial charge in [-0.25, -0.2) is 0 Å². The normalized spacial score (nSPS) is 10.6. The first kappa shape index (κ1) is 20.4. The van der Waals surface area contributed by atoms with Gasteiger partial charge in [0.15, 0.2) is 0 Å². The predicted octanol–water partition coefficient (Wildman–Crippen LogP) is 4.15. The van der Waals surface area contributed by atoms with Crippen LogP contribution in [0.1, 0.15) is 41.6 Å². The van der Waals surface area contributed by atoms with E-state index in [1.807, 2.05) is 10.6 Å². The molecule has 0 saturated heterocycles. The highest BCUT2D eigenvalue weighted by Gasteiger charge is 2.12. The summed E-state index contributed by atoms with van der Waals surface area (Å²) in [5, 5.41) is 20.5. The van der Waals surface area contributed by atoms with Gasteiger partial charge in [-0.15, -0.1) is 10.2 Å². The monoisotopic (exact) mass is 409 g/mol. The molecule has 0 aliphatic rings. The summed E-state index contributed by atoms with van der Waals surface area (Å²) in [5.41, 5.74) is 0.701. The maximum absolute atomic E-state index is 12.5. The minimum Gasteiger partial charge on any atom is -0.456 e. The van der Waals surface area contributed by atoms with Gasteiger partial charge < -0.3 is 14.6 Å². The van der Waals surface area contributed by atoms with E-state index in [1.165, 1.54) is 0 Å². The summed E-state index contributed by atoms with van der Waals surface area (Å²) < 4.78 is 7.74. The van der Waals surface area contributed by atoms with Crippen molar-refractivity contribution in [1.29, 1.82) is 5.26 Å². The number of carbonyl (C=O) groups excluding carboxylic acids is 1. The highest BCUT2D eigenvalue weighted by Crippen LogP contribution is 2.30. The molecule has 0 aliphatic carbocycles. The summed E-state index contributed by atoms with van der Waals surface area (Å²) in [4.78, 5) is 12.5. The standard InChI is InChI=1S/C21H20ClN5O2/c1-14(2)27-13-25-26-20(27)9-10-24-21(28)15-5-3-6-16(11-15)29-19-8-4-7-18(22)17(19)12-23/h3-8,11,13-14H,9-10H2,1-2H3,(H,24,28). The minimum absolute atomic E-state index is 0.224. The molecule has 0 unspecified atom stereocenters. The van der Waals surface area contributed by atoms with Crippen LogP contribution in [0, 0.1) is 11.3 Å². The van der Waals surface area contributed by atoms with Crippen LogP contribution in [-0.4, -0.2) is 27.2 Å². The Morgan fingerprint density at radius 2 is 2.10 bits per heavy atom. The van der Waals surface area contributed by atoms with Gasteiger partial charge in [0.1, 0.15) is 35.3 Å². The number of halogens is 1. The summed E-state index contributed by atoms with van der Waals surface area (Å²) in [5.74, 6) is 1.38. The Morgan fingerprint density at radius 1 is 1.31 bits per heavy atom. The first-order chi connectivity index (χ1) is 14.0. The molecular formula is C21H20ClN5O2. The molecule has 1 heterocycles. The molecule has 1 aromatic heterocycles. The topological polar surface area (TPSA) is 92.8 Å². The summed E-state index contributed by atoms with van der Waals surface area (Å²) in [6, 6.07) is 14.0. The number of amides is 1. The fraction of sp³-hybridized carbons (Fsp3) is 0.238. The number of hydrogen-bond acceptors (Lipinski definition) is 5. The number of nitrogens with zero attached hydrogens (tertiary/aromatic N) is 4. The van der Waals surface area contributed by atoms with E-state index < -0.39 is 0 Å². The van der Waals surface area contributed by atoms with E-state index in [-0.39, 0.29) is 17.5 Å². The van der Waals surface area contributed by atoms with E-state index >= 15 is 0 Å².